The largest absolute Gasteiger partial charge is 0.322 e. The highest BCUT2D eigenvalue weighted by atomic mass is 79.9. The Morgan fingerprint density at radius 1 is 1.50 bits per heavy atom. The van der Waals surface area contributed by atoms with Crippen molar-refractivity contribution in [3.8, 4) is 0 Å². The normalized spacial score (nSPS) is 12.7. The minimum Gasteiger partial charge on any atom is -0.322 e. The minimum atomic E-state index is -0.358. The van der Waals surface area contributed by atoms with Gasteiger partial charge in [0.25, 0.3) is 0 Å². The molecule has 0 spiro atoms. The Balaban J connectivity index is 2.21. The highest BCUT2D eigenvalue weighted by Gasteiger charge is 2.16. The Bertz CT molecular complexity index is 550. The predicted molar refractivity (Wildman–Crippen MR) is 70.5 cm³/mol. The van der Waals surface area contributed by atoms with E-state index in [0.717, 1.165) is 15.9 Å². The van der Waals surface area contributed by atoms with Crippen molar-refractivity contribution in [3.63, 3.8) is 0 Å². The molecule has 0 saturated carbocycles. The molecule has 6 heteroatoms. The molecule has 0 amide bonds. The maximum absolute atomic E-state index is 12.8. The third kappa shape index (κ3) is 2.59. The molecule has 0 saturated heterocycles. The van der Waals surface area contributed by atoms with E-state index in [1.807, 2.05) is 14.0 Å². The lowest BCUT2D eigenvalue weighted by Crippen LogP contribution is -2.17. The van der Waals surface area contributed by atoms with Gasteiger partial charge in [0.05, 0.1) is 33.8 Å². The highest BCUT2D eigenvalue weighted by Crippen LogP contribution is 2.24. The molecule has 0 bridgehead atoms. The van der Waals surface area contributed by atoms with E-state index in [4.69, 9.17) is 5.73 Å². The lowest BCUT2D eigenvalue weighted by molar-refractivity contribution is 0.602. The summed E-state index contributed by atoms with van der Waals surface area (Å²) >= 11 is 3.49. The van der Waals surface area contributed by atoms with Crippen LogP contribution in [-0.4, -0.2) is 14.8 Å². The topological polar surface area (TPSA) is 56.7 Å². The maximum Gasteiger partial charge on any atom is 0.141 e. The second-order valence-electron chi connectivity index (χ2n) is 4.18. The first-order valence-corrected chi connectivity index (χ1v) is 6.33. The fraction of sp³-hybridized carbons (Fsp3) is 0.333. The van der Waals surface area contributed by atoms with Gasteiger partial charge < -0.3 is 5.73 Å². The number of aromatic nitrogens is 3. The van der Waals surface area contributed by atoms with Gasteiger partial charge in [0, 0.05) is 13.5 Å². The summed E-state index contributed by atoms with van der Waals surface area (Å²) < 4.78 is 15.5. The molecule has 2 N–H and O–H groups in total. The van der Waals surface area contributed by atoms with Gasteiger partial charge in [0.1, 0.15) is 5.82 Å². The molecule has 2 aromatic rings. The average molecular weight is 313 g/mol. The monoisotopic (exact) mass is 312 g/mol. The standard InChI is InChI=1S/C12H14BrFN4/c1-7-12(13)11(18(2)17-7)5-9(15)10-4-3-8(14)6-16-10/h3-4,6,9H,5,15H2,1-2H3. The molecule has 2 aromatic heterocycles. The fourth-order valence-electron chi connectivity index (χ4n) is 1.82. The minimum absolute atomic E-state index is 0.281. The van der Waals surface area contributed by atoms with Crippen molar-refractivity contribution >= 4 is 15.9 Å². The van der Waals surface area contributed by atoms with Gasteiger partial charge in [-0.25, -0.2) is 4.39 Å². The Hall–Kier alpha value is -1.27. The Morgan fingerprint density at radius 3 is 2.72 bits per heavy atom. The molecule has 0 aliphatic rings. The molecule has 2 rings (SSSR count). The number of hydrogen-bond donors (Lipinski definition) is 1. The van der Waals surface area contributed by atoms with Crippen LogP contribution in [0.2, 0.25) is 0 Å². The van der Waals surface area contributed by atoms with Gasteiger partial charge in [-0.2, -0.15) is 5.10 Å². The van der Waals surface area contributed by atoms with E-state index in [0.29, 0.717) is 12.1 Å². The van der Waals surface area contributed by atoms with Crippen molar-refractivity contribution in [1.82, 2.24) is 14.8 Å². The van der Waals surface area contributed by atoms with Crippen LogP contribution < -0.4 is 5.73 Å². The van der Waals surface area contributed by atoms with E-state index in [2.05, 4.69) is 26.0 Å². The number of halogens is 2. The average Bonchev–Trinajstić information content (AvgIpc) is 2.57. The quantitative estimate of drug-likeness (QED) is 0.946. The summed E-state index contributed by atoms with van der Waals surface area (Å²) in [6, 6.07) is 2.69. The van der Waals surface area contributed by atoms with Crippen molar-refractivity contribution in [3.05, 3.63) is 45.7 Å². The van der Waals surface area contributed by atoms with Gasteiger partial charge >= 0.3 is 0 Å². The van der Waals surface area contributed by atoms with Crippen LogP contribution in [0.4, 0.5) is 4.39 Å². The molecule has 2 heterocycles. The van der Waals surface area contributed by atoms with E-state index in [-0.39, 0.29) is 11.9 Å². The van der Waals surface area contributed by atoms with Crippen molar-refractivity contribution in [2.75, 3.05) is 0 Å². The van der Waals surface area contributed by atoms with Crippen LogP contribution in [-0.2, 0) is 13.5 Å². The van der Waals surface area contributed by atoms with E-state index in [1.54, 1.807) is 10.7 Å². The van der Waals surface area contributed by atoms with E-state index in [1.165, 1.54) is 12.3 Å². The molecule has 0 radical (unpaired) electrons. The van der Waals surface area contributed by atoms with Crippen LogP contribution in [0.1, 0.15) is 23.1 Å². The van der Waals surface area contributed by atoms with E-state index < -0.39 is 0 Å². The number of hydrogen-bond acceptors (Lipinski definition) is 3. The first kappa shape index (κ1) is 13.2. The van der Waals surface area contributed by atoms with Crippen LogP contribution in [0.15, 0.2) is 22.8 Å². The Labute approximate surface area is 113 Å². The van der Waals surface area contributed by atoms with Crippen LogP contribution in [0, 0.1) is 12.7 Å². The molecular formula is C12H14BrFN4. The zero-order valence-electron chi connectivity index (χ0n) is 10.2. The van der Waals surface area contributed by atoms with Gasteiger partial charge in [0.15, 0.2) is 0 Å². The lowest BCUT2D eigenvalue weighted by atomic mass is 10.1. The molecule has 1 atom stereocenters. The summed E-state index contributed by atoms with van der Waals surface area (Å²) in [5.74, 6) is -0.358. The summed E-state index contributed by atoms with van der Waals surface area (Å²) in [6.07, 6.45) is 1.77. The maximum atomic E-state index is 12.8. The second kappa shape index (κ2) is 5.16. The number of nitrogens with two attached hydrogens (primary N) is 1. The first-order valence-electron chi connectivity index (χ1n) is 5.54. The van der Waals surface area contributed by atoms with Crippen LogP contribution in [0.3, 0.4) is 0 Å². The number of nitrogens with zero attached hydrogens (tertiary/aromatic N) is 3. The van der Waals surface area contributed by atoms with Crippen molar-refractivity contribution < 1.29 is 4.39 Å². The molecule has 0 fully saturated rings. The lowest BCUT2D eigenvalue weighted by Gasteiger charge is -2.11. The van der Waals surface area contributed by atoms with Crippen LogP contribution in [0.25, 0.3) is 0 Å². The van der Waals surface area contributed by atoms with Gasteiger partial charge in [-0.05, 0) is 35.0 Å². The second-order valence-corrected chi connectivity index (χ2v) is 4.97. The summed E-state index contributed by atoms with van der Waals surface area (Å²) in [7, 11) is 1.87. The molecular weight excluding hydrogens is 299 g/mol. The molecule has 0 aromatic carbocycles. The Morgan fingerprint density at radius 2 is 2.22 bits per heavy atom. The van der Waals surface area contributed by atoms with Gasteiger partial charge in [-0.1, -0.05) is 0 Å². The first-order chi connectivity index (χ1) is 8.49. The number of aryl methyl sites for hydroxylation is 2. The zero-order chi connectivity index (χ0) is 13.3. The molecule has 1 unspecified atom stereocenters. The molecule has 18 heavy (non-hydrogen) atoms. The van der Waals surface area contributed by atoms with Crippen molar-refractivity contribution in [1.29, 1.82) is 0 Å². The number of pyridine rings is 1. The highest BCUT2D eigenvalue weighted by molar-refractivity contribution is 9.10. The summed E-state index contributed by atoms with van der Waals surface area (Å²) in [6.45, 7) is 1.93. The summed E-state index contributed by atoms with van der Waals surface area (Å²) in [5.41, 5.74) is 8.67. The SMILES string of the molecule is Cc1nn(C)c(CC(N)c2ccc(F)cn2)c1Br. The molecule has 96 valence electrons. The Kier molecular flexibility index (Phi) is 3.77. The molecule has 0 aliphatic heterocycles. The third-order valence-corrected chi connectivity index (χ3v) is 3.84. The summed E-state index contributed by atoms with van der Waals surface area (Å²) in [5, 5.41) is 4.31. The van der Waals surface area contributed by atoms with E-state index in [9.17, 15) is 4.39 Å². The molecule has 0 aliphatic carbocycles. The fourth-order valence-corrected chi connectivity index (χ4v) is 2.32. The van der Waals surface area contributed by atoms with Crippen molar-refractivity contribution in [2.45, 2.75) is 19.4 Å². The van der Waals surface area contributed by atoms with Crippen molar-refractivity contribution in [2.24, 2.45) is 12.8 Å². The van der Waals surface area contributed by atoms with Gasteiger partial charge in [-0.15, -0.1) is 0 Å². The third-order valence-electron chi connectivity index (χ3n) is 2.81. The number of rotatable bonds is 3. The van der Waals surface area contributed by atoms with Crippen LogP contribution >= 0.6 is 15.9 Å². The zero-order valence-corrected chi connectivity index (χ0v) is 11.8. The van der Waals surface area contributed by atoms with Gasteiger partial charge in [-0.3, -0.25) is 9.67 Å². The van der Waals surface area contributed by atoms with Gasteiger partial charge in [0.2, 0.25) is 0 Å². The van der Waals surface area contributed by atoms with E-state index >= 15 is 0 Å². The van der Waals surface area contributed by atoms with Crippen LogP contribution in [0.5, 0.6) is 0 Å². The predicted octanol–water partition coefficient (Wildman–Crippen LogP) is 2.27. The summed E-state index contributed by atoms with van der Waals surface area (Å²) in [4.78, 5) is 4.00. The molecule has 4 nitrogen and oxygen atoms in total. The smallest absolute Gasteiger partial charge is 0.141 e.